The maximum absolute atomic E-state index is 11.7. The second kappa shape index (κ2) is 4.59. The number of hydrogen-bond acceptors (Lipinski definition) is 4. The Balaban J connectivity index is 2.92. The average molecular weight is 229 g/mol. The summed E-state index contributed by atoms with van der Waals surface area (Å²) in [6, 6.07) is 1.62. The predicted octanol–water partition coefficient (Wildman–Crippen LogP) is 0.479. The first-order valence-electron chi connectivity index (χ1n) is 4.59. The lowest BCUT2D eigenvalue weighted by atomic mass is 10.3. The summed E-state index contributed by atoms with van der Waals surface area (Å²) < 4.78 is 25.8. The van der Waals surface area contributed by atoms with Crippen LogP contribution in [0.4, 0.5) is 5.69 Å². The summed E-state index contributed by atoms with van der Waals surface area (Å²) in [5.41, 5.74) is 6.65. The Morgan fingerprint density at radius 1 is 1.60 bits per heavy atom. The van der Waals surface area contributed by atoms with Gasteiger partial charge in [0.1, 0.15) is 0 Å². The molecule has 3 N–H and O–H groups in total. The van der Waals surface area contributed by atoms with Gasteiger partial charge in [-0.05, 0) is 25.5 Å². The van der Waals surface area contributed by atoms with Gasteiger partial charge in [-0.2, -0.15) is 0 Å². The monoisotopic (exact) mass is 229 g/mol. The van der Waals surface area contributed by atoms with E-state index in [1.54, 1.807) is 26.1 Å². The minimum atomic E-state index is -3.39. The molecule has 0 aliphatic heterocycles. The minimum absolute atomic E-state index is 0.0967. The second-order valence-corrected chi connectivity index (χ2v) is 5.48. The van der Waals surface area contributed by atoms with E-state index in [0.717, 1.165) is 5.56 Å². The quantitative estimate of drug-likeness (QED) is 0.786. The molecule has 5 nitrogen and oxygen atoms in total. The molecular weight excluding hydrogens is 214 g/mol. The summed E-state index contributed by atoms with van der Waals surface area (Å²) in [7, 11) is -3.39. The normalized spacial score (nSPS) is 13.5. The van der Waals surface area contributed by atoms with Crippen LogP contribution in [-0.2, 0) is 10.0 Å². The Labute approximate surface area is 89.8 Å². The maximum Gasteiger partial charge on any atom is 0.236 e. The van der Waals surface area contributed by atoms with Crippen molar-refractivity contribution in [1.29, 1.82) is 0 Å². The van der Waals surface area contributed by atoms with Crippen LogP contribution < -0.4 is 10.5 Å². The zero-order valence-corrected chi connectivity index (χ0v) is 9.58. The molecule has 0 radical (unpaired) electrons. The molecule has 84 valence electrons. The number of rotatable bonds is 4. The molecule has 0 fully saturated rings. The predicted molar refractivity (Wildman–Crippen MR) is 60.0 cm³/mol. The lowest BCUT2D eigenvalue weighted by Gasteiger charge is -2.13. The zero-order chi connectivity index (χ0) is 11.5. The van der Waals surface area contributed by atoms with Crippen molar-refractivity contribution in [2.45, 2.75) is 19.1 Å². The molecule has 1 atom stereocenters. The third-order valence-electron chi connectivity index (χ3n) is 2.13. The summed E-state index contributed by atoms with van der Waals surface area (Å²) in [4.78, 5) is 3.88. The van der Waals surface area contributed by atoms with Crippen LogP contribution in [0.2, 0.25) is 0 Å². The Morgan fingerprint density at radius 2 is 2.27 bits per heavy atom. The number of anilines is 1. The van der Waals surface area contributed by atoms with Gasteiger partial charge in [0.2, 0.25) is 10.0 Å². The van der Waals surface area contributed by atoms with Gasteiger partial charge in [-0.3, -0.25) is 9.71 Å². The first-order valence-corrected chi connectivity index (χ1v) is 6.14. The van der Waals surface area contributed by atoms with Gasteiger partial charge in [0, 0.05) is 18.9 Å². The molecule has 0 aliphatic carbocycles. The van der Waals surface area contributed by atoms with Crippen molar-refractivity contribution < 1.29 is 8.42 Å². The highest BCUT2D eigenvalue weighted by molar-refractivity contribution is 7.93. The first-order chi connectivity index (χ1) is 6.97. The molecule has 1 heterocycles. The van der Waals surface area contributed by atoms with Gasteiger partial charge in [-0.15, -0.1) is 0 Å². The van der Waals surface area contributed by atoms with Crippen LogP contribution in [0.1, 0.15) is 12.5 Å². The number of nitrogens with one attached hydrogen (secondary N) is 1. The second-order valence-electron chi connectivity index (χ2n) is 3.38. The molecule has 6 heteroatoms. The lowest BCUT2D eigenvalue weighted by Crippen LogP contribution is -2.31. The Morgan fingerprint density at radius 3 is 2.80 bits per heavy atom. The van der Waals surface area contributed by atoms with Crippen molar-refractivity contribution in [3.8, 4) is 0 Å². The molecule has 0 saturated heterocycles. The van der Waals surface area contributed by atoms with Crippen LogP contribution in [0.25, 0.3) is 0 Å². The molecule has 0 saturated carbocycles. The fourth-order valence-corrected chi connectivity index (χ4v) is 1.96. The van der Waals surface area contributed by atoms with Gasteiger partial charge < -0.3 is 5.73 Å². The van der Waals surface area contributed by atoms with Gasteiger partial charge in [0.25, 0.3) is 0 Å². The summed E-state index contributed by atoms with van der Waals surface area (Å²) in [6.45, 7) is 3.45. The van der Waals surface area contributed by atoms with Crippen LogP contribution in [0.15, 0.2) is 18.5 Å². The van der Waals surface area contributed by atoms with E-state index in [2.05, 4.69) is 9.71 Å². The SMILES string of the molecule is Cc1cnccc1NS(=O)(=O)C(C)CN. The Kier molecular flexibility index (Phi) is 3.65. The molecule has 1 rings (SSSR count). The van der Waals surface area contributed by atoms with Gasteiger partial charge in [0.05, 0.1) is 10.9 Å². The number of aryl methyl sites for hydroxylation is 1. The number of pyridine rings is 1. The number of sulfonamides is 1. The first kappa shape index (κ1) is 11.9. The van der Waals surface area contributed by atoms with Gasteiger partial charge in [-0.25, -0.2) is 8.42 Å². The molecule has 0 aliphatic rings. The lowest BCUT2D eigenvalue weighted by molar-refractivity contribution is 0.589. The van der Waals surface area contributed by atoms with Crippen LogP contribution >= 0.6 is 0 Å². The van der Waals surface area contributed by atoms with Crippen LogP contribution in [0.3, 0.4) is 0 Å². The zero-order valence-electron chi connectivity index (χ0n) is 8.77. The minimum Gasteiger partial charge on any atom is -0.329 e. The molecule has 1 unspecified atom stereocenters. The molecule has 0 amide bonds. The summed E-state index contributed by atoms with van der Waals surface area (Å²) in [5.74, 6) is 0. The highest BCUT2D eigenvalue weighted by Gasteiger charge is 2.19. The number of nitrogens with zero attached hydrogens (tertiary/aromatic N) is 1. The summed E-state index contributed by atoms with van der Waals surface area (Å²) in [6.07, 6.45) is 3.14. The van der Waals surface area contributed by atoms with Crippen molar-refractivity contribution in [3.05, 3.63) is 24.0 Å². The number of hydrogen-bond donors (Lipinski definition) is 2. The molecular formula is C9H15N3O2S. The van der Waals surface area contributed by atoms with E-state index in [-0.39, 0.29) is 6.54 Å². The largest absolute Gasteiger partial charge is 0.329 e. The topological polar surface area (TPSA) is 85.1 Å². The fraction of sp³-hybridized carbons (Fsp3) is 0.444. The van der Waals surface area contributed by atoms with E-state index in [9.17, 15) is 8.42 Å². The third kappa shape index (κ3) is 2.90. The third-order valence-corrected chi connectivity index (χ3v) is 3.89. The van der Waals surface area contributed by atoms with Crippen molar-refractivity contribution in [3.63, 3.8) is 0 Å². The average Bonchev–Trinajstić information content (AvgIpc) is 2.20. The number of aromatic nitrogens is 1. The van der Waals surface area contributed by atoms with E-state index in [1.165, 1.54) is 6.20 Å². The highest BCUT2D eigenvalue weighted by atomic mass is 32.2. The van der Waals surface area contributed by atoms with Gasteiger partial charge in [-0.1, -0.05) is 0 Å². The van der Waals surface area contributed by atoms with Crippen LogP contribution in [-0.4, -0.2) is 25.2 Å². The van der Waals surface area contributed by atoms with Crippen molar-refractivity contribution in [2.24, 2.45) is 5.73 Å². The fourth-order valence-electron chi connectivity index (χ4n) is 0.968. The molecule has 0 aromatic carbocycles. The standard InChI is InChI=1S/C9H15N3O2S/c1-7-6-11-4-3-9(7)12-15(13,14)8(2)5-10/h3-4,6,8H,5,10H2,1-2H3,(H,11,12). The molecule has 15 heavy (non-hydrogen) atoms. The Hall–Kier alpha value is -1.14. The van der Waals surface area contributed by atoms with Crippen molar-refractivity contribution in [2.75, 3.05) is 11.3 Å². The smallest absolute Gasteiger partial charge is 0.236 e. The van der Waals surface area contributed by atoms with Crippen molar-refractivity contribution in [1.82, 2.24) is 4.98 Å². The summed E-state index contributed by atoms with van der Waals surface area (Å²) >= 11 is 0. The van der Waals surface area contributed by atoms with E-state index in [1.807, 2.05) is 0 Å². The van der Waals surface area contributed by atoms with Crippen LogP contribution in [0.5, 0.6) is 0 Å². The molecule has 0 spiro atoms. The maximum atomic E-state index is 11.7. The van der Waals surface area contributed by atoms with E-state index < -0.39 is 15.3 Å². The highest BCUT2D eigenvalue weighted by Crippen LogP contribution is 2.15. The van der Waals surface area contributed by atoms with Crippen molar-refractivity contribution >= 4 is 15.7 Å². The molecule has 1 aromatic rings. The summed E-state index contributed by atoms with van der Waals surface area (Å²) in [5, 5.41) is -0.606. The molecule has 0 bridgehead atoms. The Bertz CT molecular complexity index is 431. The van der Waals surface area contributed by atoms with E-state index in [0.29, 0.717) is 5.69 Å². The van der Waals surface area contributed by atoms with E-state index >= 15 is 0 Å². The van der Waals surface area contributed by atoms with Crippen LogP contribution in [0, 0.1) is 6.92 Å². The van der Waals surface area contributed by atoms with Gasteiger partial charge in [0.15, 0.2) is 0 Å². The van der Waals surface area contributed by atoms with E-state index in [4.69, 9.17) is 5.73 Å². The molecule has 1 aromatic heterocycles. The van der Waals surface area contributed by atoms with Gasteiger partial charge >= 0.3 is 0 Å². The number of nitrogens with two attached hydrogens (primary N) is 1.